The molecular formula is C17H18Cl2FN2O+. The molecule has 0 spiro atoms. The summed E-state index contributed by atoms with van der Waals surface area (Å²) >= 11 is 12.0. The largest absolute Gasteiger partial charge is 0.347 e. The fraction of sp³-hybridized carbons (Fsp3) is 0.235. The predicted molar refractivity (Wildman–Crippen MR) is 90.2 cm³/mol. The minimum Gasteiger partial charge on any atom is -0.347 e. The summed E-state index contributed by atoms with van der Waals surface area (Å²) in [5.41, 5.74) is 1.40. The molecule has 3 nitrogen and oxygen atoms in total. The Labute approximate surface area is 145 Å². The summed E-state index contributed by atoms with van der Waals surface area (Å²) in [6, 6.07) is 11.7. The van der Waals surface area contributed by atoms with Crippen LogP contribution in [0.2, 0.25) is 10.0 Å². The fourth-order valence-electron chi connectivity index (χ4n) is 2.22. The van der Waals surface area contributed by atoms with Crippen LogP contribution in [0.1, 0.15) is 11.1 Å². The molecule has 2 aromatic carbocycles. The molecule has 0 aliphatic carbocycles. The van der Waals surface area contributed by atoms with Gasteiger partial charge < -0.3 is 10.2 Å². The summed E-state index contributed by atoms with van der Waals surface area (Å²) in [6.45, 7) is 1.05. The summed E-state index contributed by atoms with van der Waals surface area (Å²) in [6.07, 6.45) is 0. The number of carbonyl (C=O) groups is 1. The summed E-state index contributed by atoms with van der Waals surface area (Å²) in [5, 5.41) is 3.90. The van der Waals surface area contributed by atoms with Gasteiger partial charge in [0.2, 0.25) is 0 Å². The minimum absolute atomic E-state index is 0.143. The Morgan fingerprint density at radius 1 is 1.17 bits per heavy atom. The Hall–Kier alpha value is -1.62. The first kappa shape index (κ1) is 17.7. The van der Waals surface area contributed by atoms with Gasteiger partial charge in [0, 0.05) is 22.7 Å². The molecule has 0 radical (unpaired) electrons. The predicted octanol–water partition coefficient (Wildman–Crippen LogP) is 2.46. The van der Waals surface area contributed by atoms with Gasteiger partial charge in [-0.1, -0.05) is 47.5 Å². The van der Waals surface area contributed by atoms with Gasteiger partial charge in [0.05, 0.1) is 12.1 Å². The molecule has 1 amide bonds. The molecule has 6 heteroatoms. The second-order valence-electron chi connectivity index (χ2n) is 5.41. The Balaban J connectivity index is 1.84. The first-order valence-electron chi connectivity index (χ1n) is 7.21. The van der Waals surface area contributed by atoms with Gasteiger partial charge in [0.1, 0.15) is 12.4 Å². The van der Waals surface area contributed by atoms with Crippen molar-refractivity contribution in [3.05, 3.63) is 69.5 Å². The third-order valence-electron chi connectivity index (χ3n) is 3.40. The zero-order chi connectivity index (χ0) is 16.8. The maximum Gasteiger partial charge on any atom is 0.275 e. The quantitative estimate of drug-likeness (QED) is 0.819. The van der Waals surface area contributed by atoms with E-state index < -0.39 is 0 Å². The van der Waals surface area contributed by atoms with Gasteiger partial charge in [-0.3, -0.25) is 4.79 Å². The number of halogens is 3. The molecule has 0 heterocycles. The first-order chi connectivity index (χ1) is 11.0. The Bertz CT molecular complexity index is 694. The van der Waals surface area contributed by atoms with Crippen molar-refractivity contribution in [2.75, 3.05) is 13.6 Å². The van der Waals surface area contributed by atoms with Crippen LogP contribution in [-0.4, -0.2) is 19.5 Å². The van der Waals surface area contributed by atoms with E-state index in [-0.39, 0.29) is 24.8 Å². The Morgan fingerprint density at radius 3 is 2.61 bits per heavy atom. The molecule has 23 heavy (non-hydrogen) atoms. The highest BCUT2D eigenvalue weighted by atomic mass is 35.5. The van der Waals surface area contributed by atoms with E-state index in [0.717, 1.165) is 10.5 Å². The average molecular weight is 356 g/mol. The summed E-state index contributed by atoms with van der Waals surface area (Å²) < 4.78 is 13.5. The number of benzene rings is 2. The Kier molecular flexibility index (Phi) is 6.39. The lowest BCUT2D eigenvalue weighted by Crippen LogP contribution is -3.08. The smallest absolute Gasteiger partial charge is 0.275 e. The maximum absolute atomic E-state index is 13.5. The van der Waals surface area contributed by atoms with Gasteiger partial charge >= 0.3 is 0 Å². The van der Waals surface area contributed by atoms with E-state index in [0.29, 0.717) is 22.2 Å². The molecule has 0 bridgehead atoms. The standard InChI is InChI=1S/C17H17Cl2FN2O/c1-22(10-13-6-7-14(18)8-15(13)19)11-17(23)21-9-12-4-2-3-5-16(12)20/h2-8H,9-11H2,1H3,(H,21,23)/p+1. The third-order valence-corrected chi connectivity index (χ3v) is 3.99. The molecule has 2 N–H and O–H groups in total. The number of carbonyl (C=O) groups excluding carboxylic acids is 1. The molecular weight excluding hydrogens is 338 g/mol. The number of rotatable bonds is 6. The molecule has 2 aromatic rings. The molecule has 0 saturated heterocycles. The monoisotopic (exact) mass is 355 g/mol. The summed E-state index contributed by atoms with van der Waals surface area (Å²) in [5.74, 6) is -0.461. The van der Waals surface area contributed by atoms with E-state index in [9.17, 15) is 9.18 Å². The molecule has 0 aromatic heterocycles. The van der Waals surface area contributed by atoms with Crippen LogP contribution in [0, 0.1) is 5.82 Å². The lowest BCUT2D eigenvalue weighted by molar-refractivity contribution is -0.885. The van der Waals surface area contributed by atoms with Crippen LogP contribution in [0.25, 0.3) is 0 Å². The summed E-state index contributed by atoms with van der Waals surface area (Å²) in [7, 11) is 1.90. The lowest BCUT2D eigenvalue weighted by atomic mass is 10.2. The maximum atomic E-state index is 13.5. The third kappa shape index (κ3) is 5.50. The van der Waals surface area contributed by atoms with Crippen LogP contribution in [-0.2, 0) is 17.9 Å². The van der Waals surface area contributed by atoms with Crippen molar-refractivity contribution in [1.82, 2.24) is 5.32 Å². The van der Waals surface area contributed by atoms with Crippen molar-refractivity contribution >= 4 is 29.1 Å². The van der Waals surface area contributed by atoms with Gasteiger partial charge in [-0.2, -0.15) is 0 Å². The number of likely N-dealkylation sites (N-methyl/N-ethyl adjacent to an activating group) is 1. The molecule has 1 atom stereocenters. The minimum atomic E-state index is -0.318. The van der Waals surface area contributed by atoms with Gasteiger partial charge in [0.25, 0.3) is 5.91 Å². The Morgan fingerprint density at radius 2 is 1.91 bits per heavy atom. The van der Waals surface area contributed by atoms with Crippen LogP contribution in [0.4, 0.5) is 4.39 Å². The van der Waals surface area contributed by atoms with E-state index >= 15 is 0 Å². The zero-order valence-corrected chi connectivity index (χ0v) is 14.2. The number of nitrogens with one attached hydrogen (secondary N) is 2. The molecule has 122 valence electrons. The van der Waals surface area contributed by atoms with E-state index in [2.05, 4.69) is 5.32 Å². The van der Waals surface area contributed by atoms with E-state index in [1.165, 1.54) is 6.07 Å². The van der Waals surface area contributed by atoms with Crippen LogP contribution < -0.4 is 10.2 Å². The van der Waals surface area contributed by atoms with Crippen LogP contribution in [0.15, 0.2) is 42.5 Å². The van der Waals surface area contributed by atoms with Crippen LogP contribution >= 0.6 is 23.2 Å². The van der Waals surface area contributed by atoms with Crippen molar-refractivity contribution in [2.45, 2.75) is 13.1 Å². The normalized spacial score (nSPS) is 12.0. The van der Waals surface area contributed by atoms with E-state index in [4.69, 9.17) is 23.2 Å². The first-order valence-corrected chi connectivity index (χ1v) is 7.96. The van der Waals surface area contributed by atoms with Crippen molar-refractivity contribution in [3.8, 4) is 0 Å². The van der Waals surface area contributed by atoms with Gasteiger partial charge in [-0.05, 0) is 18.2 Å². The molecule has 0 aliphatic rings. The average Bonchev–Trinajstić information content (AvgIpc) is 2.49. The molecule has 1 unspecified atom stereocenters. The molecule has 0 aliphatic heterocycles. The highest BCUT2D eigenvalue weighted by Crippen LogP contribution is 2.20. The number of hydrogen-bond acceptors (Lipinski definition) is 1. The zero-order valence-electron chi connectivity index (χ0n) is 12.7. The highest BCUT2D eigenvalue weighted by Gasteiger charge is 2.13. The number of hydrogen-bond donors (Lipinski definition) is 2. The van der Waals surface area contributed by atoms with Crippen LogP contribution in [0.5, 0.6) is 0 Å². The fourth-order valence-corrected chi connectivity index (χ4v) is 2.70. The molecule has 2 rings (SSSR count). The second-order valence-corrected chi connectivity index (χ2v) is 6.26. The number of amides is 1. The van der Waals surface area contributed by atoms with Gasteiger partial charge in [0.15, 0.2) is 6.54 Å². The van der Waals surface area contributed by atoms with Gasteiger partial charge in [-0.25, -0.2) is 4.39 Å². The number of quaternary nitrogens is 1. The van der Waals surface area contributed by atoms with Gasteiger partial charge in [-0.15, -0.1) is 0 Å². The van der Waals surface area contributed by atoms with E-state index in [1.54, 1.807) is 30.3 Å². The second kappa shape index (κ2) is 8.29. The topological polar surface area (TPSA) is 33.5 Å². The SMILES string of the molecule is C[NH+](CC(=O)NCc1ccccc1F)Cc1ccc(Cl)cc1Cl. The van der Waals surface area contributed by atoms with Crippen molar-refractivity contribution in [2.24, 2.45) is 0 Å². The highest BCUT2D eigenvalue weighted by molar-refractivity contribution is 6.35. The van der Waals surface area contributed by atoms with Crippen molar-refractivity contribution in [3.63, 3.8) is 0 Å². The van der Waals surface area contributed by atoms with Crippen molar-refractivity contribution in [1.29, 1.82) is 0 Å². The molecule has 0 saturated carbocycles. The molecule has 0 fully saturated rings. The lowest BCUT2D eigenvalue weighted by Gasteiger charge is -2.15. The summed E-state index contributed by atoms with van der Waals surface area (Å²) in [4.78, 5) is 12.9. The van der Waals surface area contributed by atoms with Crippen molar-refractivity contribution < 1.29 is 14.1 Å². The van der Waals surface area contributed by atoms with E-state index in [1.807, 2.05) is 13.1 Å². The van der Waals surface area contributed by atoms with Crippen LogP contribution in [0.3, 0.4) is 0 Å².